The minimum absolute atomic E-state index is 0.0167. The minimum atomic E-state index is -0.218. The predicted octanol–water partition coefficient (Wildman–Crippen LogP) is 3.46. The number of nitrogens with zero attached hydrogens (tertiary/aromatic N) is 2. The van der Waals surface area contributed by atoms with Crippen LogP contribution in [0.4, 0.5) is 5.69 Å². The van der Waals surface area contributed by atoms with Gasteiger partial charge in [0.25, 0.3) is 0 Å². The number of aryl methyl sites for hydroxylation is 1. The Kier molecular flexibility index (Phi) is 6.58. The molecule has 1 saturated heterocycles. The highest BCUT2D eigenvalue weighted by Gasteiger charge is 2.46. The summed E-state index contributed by atoms with van der Waals surface area (Å²) in [5, 5.41) is 4.46. The van der Waals surface area contributed by atoms with Crippen LogP contribution in [0.3, 0.4) is 0 Å². The van der Waals surface area contributed by atoms with Gasteiger partial charge in [0, 0.05) is 25.3 Å². The van der Waals surface area contributed by atoms with E-state index in [0.717, 1.165) is 30.6 Å². The van der Waals surface area contributed by atoms with Gasteiger partial charge in [0.2, 0.25) is 11.8 Å². The molecule has 2 aliphatic rings. The van der Waals surface area contributed by atoms with Gasteiger partial charge in [0.15, 0.2) is 0 Å². The average Bonchev–Trinajstić information content (AvgIpc) is 3.18. The Hall–Kier alpha value is -3.64. The molecule has 0 spiro atoms. The number of carbonyl (C=O) groups is 2. The number of fused-ring (bicyclic) bond motifs is 3. The highest BCUT2D eigenvalue weighted by Crippen LogP contribution is 2.41. The maximum atomic E-state index is 13.3. The molecule has 34 heavy (non-hydrogen) atoms. The zero-order valence-electron chi connectivity index (χ0n) is 19.2. The third kappa shape index (κ3) is 4.82. The van der Waals surface area contributed by atoms with Gasteiger partial charge in [0.05, 0.1) is 12.0 Å². The zero-order valence-corrected chi connectivity index (χ0v) is 19.2. The second-order valence-corrected chi connectivity index (χ2v) is 9.00. The molecule has 2 aliphatic heterocycles. The number of anilines is 1. The number of rotatable bonds is 8. The molecule has 0 aliphatic carbocycles. The van der Waals surface area contributed by atoms with Crippen molar-refractivity contribution in [1.29, 1.82) is 0 Å². The SMILES string of the molecule is O=C(CN1NC2c3ccccc3N(Cc3ccccc3)CC2C1=O)NCCCc1ccccc1. The van der Waals surface area contributed by atoms with Crippen LogP contribution in [-0.2, 0) is 22.6 Å². The molecule has 3 aromatic rings. The zero-order chi connectivity index (χ0) is 23.3. The molecule has 5 rings (SSSR count). The Morgan fingerprint density at radius 1 is 0.912 bits per heavy atom. The molecule has 2 atom stereocenters. The van der Waals surface area contributed by atoms with Crippen molar-refractivity contribution in [3.05, 3.63) is 102 Å². The topological polar surface area (TPSA) is 64.7 Å². The first-order valence-corrected chi connectivity index (χ1v) is 11.9. The van der Waals surface area contributed by atoms with Crippen molar-refractivity contribution in [2.24, 2.45) is 5.92 Å². The molecule has 0 saturated carbocycles. The summed E-state index contributed by atoms with van der Waals surface area (Å²) in [5.74, 6) is -0.372. The molecule has 2 amide bonds. The van der Waals surface area contributed by atoms with Crippen molar-refractivity contribution >= 4 is 17.5 Å². The van der Waals surface area contributed by atoms with Crippen LogP contribution in [-0.4, -0.2) is 36.5 Å². The Morgan fingerprint density at radius 2 is 1.59 bits per heavy atom. The molecule has 0 radical (unpaired) electrons. The van der Waals surface area contributed by atoms with Gasteiger partial charge in [-0.25, -0.2) is 5.43 Å². The van der Waals surface area contributed by atoms with E-state index >= 15 is 0 Å². The van der Waals surface area contributed by atoms with Crippen LogP contribution in [0.25, 0.3) is 0 Å². The van der Waals surface area contributed by atoms with E-state index in [1.54, 1.807) is 0 Å². The summed E-state index contributed by atoms with van der Waals surface area (Å²) in [5.41, 5.74) is 8.04. The van der Waals surface area contributed by atoms with Gasteiger partial charge in [-0.2, -0.15) is 0 Å². The number of hydrogen-bond acceptors (Lipinski definition) is 4. The fourth-order valence-electron chi connectivity index (χ4n) is 4.95. The lowest BCUT2D eigenvalue weighted by molar-refractivity contribution is -0.136. The lowest BCUT2D eigenvalue weighted by Gasteiger charge is -2.36. The van der Waals surface area contributed by atoms with Crippen LogP contribution in [0.5, 0.6) is 0 Å². The average molecular weight is 455 g/mol. The standard InChI is InChI=1S/C28H30N4O2/c33-26(29-17-9-14-21-10-3-1-4-11-21)20-32-28(34)24-19-31(18-22-12-5-2-6-13-22)25-16-8-7-15-23(25)27(24)30-32/h1-8,10-13,15-16,24,27,30H,9,14,17-20H2,(H,29,33). The highest BCUT2D eigenvalue weighted by molar-refractivity contribution is 5.88. The lowest BCUT2D eigenvalue weighted by atomic mass is 9.88. The first-order chi connectivity index (χ1) is 16.7. The lowest BCUT2D eigenvalue weighted by Crippen LogP contribution is -2.43. The van der Waals surface area contributed by atoms with Gasteiger partial charge in [-0.05, 0) is 35.6 Å². The van der Waals surface area contributed by atoms with Crippen LogP contribution >= 0.6 is 0 Å². The monoisotopic (exact) mass is 454 g/mol. The normalized spacial score (nSPS) is 19.0. The molecule has 0 bridgehead atoms. The molecule has 2 unspecified atom stereocenters. The second kappa shape index (κ2) is 10.1. The number of amides is 2. The van der Waals surface area contributed by atoms with Crippen LogP contribution in [0.15, 0.2) is 84.9 Å². The van der Waals surface area contributed by atoms with Gasteiger partial charge < -0.3 is 10.2 Å². The van der Waals surface area contributed by atoms with E-state index in [0.29, 0.717) is 13.1 Å². The van der Waals surface area contributed by atoms with Crippen LogP contribution in [0.1, 0.15) is 29.2 Å². The number of hydrogen-bond donors (Lipinski definition) is 2. The minimum Gasteiger partial charge on any atom is -0.366 e. The molecule has 6 nitrogen and oxygen atoms in total. The maximum Gasteiger partial charge on any atom is 0.244 e. The molecule has 3 aromatic carbocycles. The summed E-state index contributed by atoms with van der Waals surface area (Å²) in [4.78, 5) is 28.1. The van der Waals surface area contributed by atoms with Crippen molar-refractivity contribution in [1.82, 2.24) is 15.8 Å². The molecule has 6 heteroatoms. The largest absolute Gasteiger partial charge is 0.366 e. The second-order valence-electron chi connectivity index (χ2n) is 9.00. The quantitative estimate of drug-likeness (QED) is 0.512. The first-order valence-electron chi connectivity index (χ1n) is 11.9. The summed E-state index contributed by atoms with van der Waals surface area (Å²) in [6.45, 7) is 1.99. The third-order valence-corrected chi connectivity index (χ3v) is 6.64. The van der Waals surface area contributed by atoms with Gasteiger partial charge >= 0.3 is 0 Å². The Labute approximate surface area is 200 Å². The number of nitrogens with one attached hydrogen (secondary N) is 2. The maximum absolute atomic E-state index is 13.3. The predicted molar refractivity (Wildman–Crippen MR) is 133 cm³/mol. The van der Waals surface area contributed by atoms with Crippen molar-refractivity contribution < 1.29 is 9.59 Å². The summed E-state index contributed by atoms with van der Waals surface area (Å²) in [6.07, 6.45) is 1.78. The highest BCUT2D eigenvalue weighted by atomic mass is 16.2. The van der Waals surface area contributed by atoms with Gasteiger partial charge in [-0.15, -0.1) is 0 Å². The molecule has 2 heterocycles. The molecule has 2 N–H and O–H groups in total. The van der Waals surface area contributed by atoms with Gasteiger partial charge in [-0.1, -0.05) is 78.9 Å². The molecule has 174 valence electrons. The van der Waals surface area contributed by atoms with E-state index in [1.165, 1.54) is 16.1 Å². The third-order valence-electron chi connectivity index (χ3n) is 6.64. The fourth-order valence-corrected chi connectivity index (χ4v) is 4.95. The van der Waals surface area contributed by atoms with Gasteiger partial charge in [-0.3, -0.25) is 14.6 Å². The van der Waals surface area contributed by atoms with Crippen LogP contribution < -0.4 is 15.6 Å². The Bertz CT molecular complexity index is 1140. The van der Waals surface area contributed by atoms with Crippen LogP contribution in [0, 0.1) is 5.92 Å². The molecule has 0 aromatic heterocycles. The smallest absolute Gasteiger partial charge is 0.244 e. The molecular weight excluding hydrogens is 424 g/mol. The Morgan fingerprint density at radius 3 is 2.35 bits per heavy atom. The van der Waals surface area contributed by atoms with Crippen molar-refractivity contribution in [2.75, 3.05) is 24.5 Å². The fraction of sp³-hybridized carbons (Fsp3) is 0.286. The van der Waals surface area contributed by atoms with Crippen molar-refractivity contribution in [3.8, 4) is 0 Å². The Balaban J connectivity index is 1.20. The van der Waals surface area contributed by atoms with E-state index in [4.69, 9.17) is 0 Å². The number of benzene rings is 3. The summed E-state index contributed by atoms with van der Waals surface area (Å²) in [7, 11) is 0. The first kappa shape index (κ1) is 22.2. The van der Waals surface area contributed by atoms with E-state index in [-0.39, 0.29) is 30.3 Å². The van der Waals surface area contributed by atoms with E-state index in [2.05, 4.69) is 52.0 Å². The molecular formula is C28H30N4O2. The number of para-hydroxylation sites is 1. The van der Waals surface area contributed by atoms with Crippen LogP contribution in [0.2, 0.25) is 0 Å². The number of hydrazine groups is 1. The summed E-state index contributed by atoms with van der Waals surface area (Å²) >= 11 is 0. The summed E-state index contributed by atoms with van der Waals surface area (Å²) in [6, 6.07) is 28.7. The van der Waals surface area contributed by atoms with Gasteiger partial charge in [0.1, 0.15) is 6.54 Å². The van der Waals surface area contributed by atoms with E-state index < -0.39 is 0 Å². The molecule has 1 fully saturated rings. The van der Waals surface area contributed by atoms with Crippen molar-refractivity contribution in [3.63, 3.8) is 0 Å². The van der Waals surface area contributed by atoms with E-state index in [1.807, 2.05) is 48.5 Å². The summed E-state index contributed by atoms with van der Waals surface area (Å²) < 4.78 is 0. The van der Waals surface area contributed by atoms with E-state index in [9.17, 15) is 9.59 Å². The number of carbonyl (C=O) groups excluding carboxylic acids is 2. The van der Waals surface area contributed by atoms with Crippen molar-refractivity contribution in [2.45, 2.75) is 25.4 Å².